The summed E-state index contributed by atoms with van der Waals surface area (Å²) in [6, 6.07) is 13.6. The van der Waals surface area contributed by atoms with Crippen LogP contribution in [0.15, 0.2) is 42.5 Å². The number of aryl methyl sites for hydroxylation is 2. The number of hydrogen-bond acceptors (Lipinski definition) is 3. The van der Waals surface area contributed by atoms with Crippen molar-refractivity contribution in [2.24, 2.45) is 0 Å². The van der Waals surface area contributed by atoms with Gasteiger partial charge < -0.3 is 5.32 Å². The lowest BCUT2D eigenvalue weighted by molar-refractivity contribution is -0.384. The molecule has 4 heteroatoms. The van der Waals surface area contributed by atoms with Gasteiger partial charge in [-0.3, -0.25) is 10.1 Å². The molecule has 1 unspecified atom stereocenters. The number of benzene rings is 2. The Morgan fingerprint density at radius 3 is 2.33 bits per heavy atom. The Hall–Kier alpha value is -2.36. The Morgan fingerprint density at radius 1 is 1.14 bits per heavy atom. The fourth-order valence-corrected chi connectivity index (χ4v) is 2.33. The van der Waals surface area contributed by atoms with Crippen LogP contribution in [0, 0.1) is 24.0 Å². The zero-order valence-corrected chi connectivity index (χ0v) is 12.6. The third-order valence-corrected chi connectivity index (χ3v) is 3.64. The van der Waals surface area contributed by atoms with E-state index in [-0.39, 0.29) is 16.7 Å². The van der Waals surface area contributed by atoms with Crippen molar-refractivity contribution < 1.29 is 4.92 Å². The number of anilines is 1. The summed E-state index contributed by atoms with van der Waals surface area (Å²) in [5.41, 5.74) is 4.41. The topological polar surface area (TPSA) is 55.2 Å². The Kier molecular flexibility index (Phi) is 4.58. The lowest BCUT2D eigenvalue weighted by Gasteiger charge is -2.20. The molecule has 0 saturated heterocycles. The summed E-state index contributed by atoms with van der Waals surface area (Å²) < 4.78 is 0. The molecule has 0 aromatic heterocycles. The van der Waals surface area contributed by atoms with Crippen molar-refractivity contribution in [3.8, 4) is 0 Å². The minimum Gasteiger partial charge on any atom is -0.378 e. The Morgan fingerprint density at radius 2 is 1.81 bits per heavy atom. The first-order valence-corrected chi connectivity index (χ1v) is 7.09. The second kappa shape index (κ2) is 6.39. The molecule has 0 aliphatic rings. The van der Waals surface area contributed by atoms with Gasteiger partial charge in [0.25, 0.3) is 5.69 Å². The molecule has 2 aromatic carbocycles. The summed E-state index contributed by atoms with van der Waals surface area (Å²) in [7, 11) is 0. The fourth-order valence-electron chi connectivity index (χ4n) is 2.33. The van der Waals surface area contributed by atoms with Gasteiger partial charge in [-0.15, -0.1) is 0 Å². The van der Waals surface area contributed by atoms with Gasteiger partial charge in [-0.2, -0.15) is 0 Å². The lowest BCUT2D eigenvalue weighted by atomic mass is 10.0. The van der Waals surface area contributed by atoms with Crippen LogP contribution in [0.1, 0.15) is 36.1 Å². The summed E-state index contributed by atoms with van der Waals surface area (Å²) in [6.45, 7) is 6.08. The van der Waals surface area contributed by atoms with E-state index in [1.54, 1.807) is 12.1 Å². The molecule has 2 aromatic rings. The molecule has 2 rings (SSSR count). The van der Waals surface area contributed by atoms with E-state index in [9.17, 15) is 10.1 Å². The molecule has 0 amide bonds. The van der Waals surface area contributed by atoms with Crippen molar-refractivity contribution in [1.29, 1.82) is 0 Å². The molecule has 0 aliphatic carbocycles. The normalized spacial score (nSPS) is 12.0. The first-order valence-electron chi connectivity index (χ1n) is 7.09. The van der Waals surface area contributed by atoms with Crippen LogP contribution in [0.25, 0.3) is 0 Å². The summed E-state index contributed by atoms with van der Waals surface area (Å²) in [5, 5.41) is 14.3. The van der Waals surface area contributed by atoms with Crippen LogP contribution in [-0.2, 0) is 0 Å². The monoisotopic (exact) mass is 284 g/mol. The molecule has 0 heterocycles. The molecule has 0 saturated carbocycles. The van der Waals surface area contributed by atoms with Gasteiger partial charge in [0.05, 0.1) is 11.0 Å². The standard InChI is InChI=1S/C17H20N2O2/c1-4-16(14-7-5-12(2)6-8-14)18-17-10-9-15(19(20)21)11-13(17)3/h5-11,16,18H,4H2,1-3H3. The van der Waals surface area contributed by atoms with Crippen LogP contribution in [0.4, 0.5) is 11.4 Å². The number of nitrogens with one attached hydrogen (secondary N) is 1. The van der Waals surface area contributed by atoms with E-state index in [0.717, 1.165) is 17.7 Å². The van der Waals surface area contributed by atoms with Gasteiger partial charge in [0, 0.05) is 17.8 Å². The molecule has 4 nitrogen and oxygen atoms in total. The van der Waals surface area contributed by atoms with Crippen LogP contribution in [-0.4, -0.2) is 4.92 Å². The highest BCUT2D eigenvalue weighted by Crippen LogP contribution is 2.27. The van der Waals surface area contributed by atoms with Crippen LogP contribution in [0.3, 0.4) is 0 Å². The van der Waals surface area contributed by atoms with Crippen molar-refractivity contribution in [1.82, 2.24) is 0 Å². The van der Waals surface area contributed by atoms with Crippen LogP contribution < -0.4 is 5.32 Å². The number of rotatable bonds is 5. The van der Waals surface area contributed by atoms with Gasteiger partial charge >= 0.3 is 0 Å². The molecule has 21 heavy (non-hydrogen) atoms. The number of nitrogens with zero attached hydrogens (tertiary/aromatic N) is 1. The van der Waals surface area contributed by atoms with Gasteiger partial charge in [-0.05, 0) is 37.5 Å². The largest absolute Gasteiger partial charge is 0.378 e. The predicted octanol–water partition coefficient (Wildman–Crippen LogP) is 4.77. The fraction of sp³-hybridized carbons (Fsp3) is 0.294. The first-order chi connectivity index (χ1) is 10.0. The zero-order chi connectivity index (χ0) is 15.4. The summed E-state index contributed by atoms with van der Waals surface area (Å²) in [4.78, 5) is 10.4. The molecule has 0 aliphatic heterocycles. The molecule has 110 valence electrons. The molecule has 0 fully saturated rings. The molecule has 0 bridgehead atoms. The van der Waals surface area contributed by atoms with Crippen molar-refractivity contribution in [3.63, 3.8) is 0 Å². The third-order valence-electron chi connectivity index (χ3n) is 3.64. The summed E-state index contributed by atoms with van der Waals surface area (Å²) in [5.74, 6) is 0. The molecule has 0 radical (unpaired) electrons. The second-order valence-electron chi connectivity index (χ2n) is 5.27. The van der Waals surface area contributed by atoms with E-state index >= 15 is 0 Å². The van der Waals surface area contributed by atoms with Crippen LogP contribution in [0.2, 0.25) is 0 Å². The Bertz CT molecular complexity index is 636. The molecule has 1 atom stereocenters. The highest BCUT2D eigenvalue weighted by molar-refractivity contribution is 5.56. The Balaban J connectivity index is 2.22. The average molecular weight is 284 g/mol. The number of non-ortho nitro benzene ring substituents is 1. The van der Waals surface area contributed by atoms with E-state index < -0.39 is 0 Å². The van der Waals surface area contributed by atoms with Gasteiger partial charge in [0.1, 0.15) is 0 Å². The van der Waals surface area contributed by atoms with Crippen molar-refractivity contribution >= 4 is 11.4 Å². The average Bonchev–Trinajstić information content (AvgIpc) is 2.47. The Labute approximate surface area is 125 Å². The van der Waals surface area contributed by atoms with E-state index in [1.165, 1.54) is 17.2 Å². The minimum atomic E-state index is -0.367. The highest BCUT2D eigenvalue weighted by atomic mass is 16.6. The van der Waals surface area contributed by atoms with Crippen LogP contribution in [0.5, 0.6) is 0 Å². The molecular weight excluding hydrogens is 264 g/mol. The molecular formula is C17H20N2O2. The summed E-state index contributed by atoms with van der Waals surface area (Å²) >= 11 is 0. The zero-order valence-electron chi connectivity index (χ0n) is 12.6. The van der Waals surface area contributed by atoms with E-state index in [0.29, 0.717) is 0 Å². The van der Waals surface area contributed by atoms with Crippen molar-refractivity contribution in [2.75, 3.05) is 5.32 Å². The molecule has 0 spiro atoms. The van der Waals surface area contributed by atoms with Gasteiger partial charge in [-0.1, -0.05) is 36.8 Å². The maximum absolute atomic E-state index is 10.8. The van der Waals surface area contributed by atoms with Crippen LogP contribution >= 0.6 is 0 Å². The van der Waals surface area contributed by atoms with Crippen molar-refractivity contribution in [3.05, 3.63) is 69.3 Å². The molecule has 1 N–H and O–H groups in total. The predicted molar refractivity (Wildman–Crippen MR) is 85.7 cm³/mol. The minimum absolute atomic E-state index is 0.126. The summed E-state index contributed by atoms with van der Waals surface area (Å²) in [6.07, 6.45) is 0.944. The second-order valence-corrected chi connectivity index (χ2v) is 5.27. The van der Waals surface area contributed by atoms with E-state index in [4.69, 9.17) is 0 Å². The van der Waals surface area contributed by atoms with E-state index in [1.807, 2.05) is 6.92 Å². The number of nitro groups is 1. The van der Waals surface area contributed by atoms with Gasteiger partial charge in [-0.25, -0.2) is 0 Å². The maximum Gasteiger partial charge on any atom is 0.269 e. The smallest absolute Gasteiger partial charge is 0.269 e. The first kappa shape index (κ1) is 15.0. The van der Waals surface area contributed by atoms with E-state index in [2.05, 4.69) is 43.4 Å². The third kappa shape index (κ3) is 3.60. The number of nitro benzene ring substituents is 1. The quantitative estimate of drug-likeness (QED) is 0.635. The number of hydrogen-bond donors (Lipinski definition) is 1. The van der Waals surface area contributed by atoms with Gasteiger partial charge in [0.2, 0.25) is 0 Å². The lowest BCUT2D eigenvalue weighted by Crippen LogP contribution is -2.10. The van der Waals surface area contributed by atoms with Gasteiger partial charge in [0.15, 0.2) is 0 Å². The van der Waals surface area contributed by atoms with Crippen molar-refractivity contribution in [2.45, 2.75) is 33.2 Å². The highest BCUT2D eigenvalue weighted by Gasteiger charge is 2.12. The maximum atomic E-state index is 10.8. The SMILES string of the molecule is CCC(Nc1ccc([N+](=O)[O-])cc1C)c1ccc(C)cc1.